The maximum absolute atomic E-state index is 10.1. The SMILES string of the molecule is COc1c[c-]c(-c2ncc(C)nc2C)cc1OC.O=C(O)C1CCCN1.[Ir]. The maximum atomic E-state index is 10.1. The minimum Gasteiger partial charge on any atom is -0.536 e. The number of carboxylic acids is 1. The first-order valence-electron chi connectivity index (χ1n) is 8.36. The Labute approximate surface area is 172 Å². The van der Waals surface area contributed by atoms with Crippen LogP contribution in [0.3, 0.4) is 0 Å². The molecule has 2 N–H and O–H groups in total. The van der Waals surface area contributed by atoms with Crippen LogP contribution in [-0.4, -0.2) is 47.8 Å². The number of aromatic nitrogens is 2. The van der Waals surface area contributed by atoms with E-state index in [1.54, 1.807) is 26.5 Å². The standard InChI is InChI=1S/C14H15N2O2.C5H9NO2.Ir/c1-9-8-15-14(10(2)16-9)11-5-6-12(17-3)13(7-11)18-4;7-5(8)4-2-1-3-6-4;/h6-8H,1-4H3;4,6H,1-3H2,(H,7,8);/q-1;;. The molecule has 7 nitrogen and oxygen atoms in total. The number of aliphatic carboxylic acids is 1. The summed E-state index contributed by atoms with van der Waals surface area (Å²) in [7, 11) is 3.21. The molecule has 2 heterocycles. The molecule has 0 amide bonds. The Hall–Kier alpha value is -2.02. The zero-order valence-electron chi connectivity index (χ0n) is 15.8. The van der Waals surface area contributed by atoms with Gasteiger partial charge in [0.2, 0.25) is 0 Å². The Kier molecular flexibility index (Phi) is 9.35. The van der Waals surface area contributed by atoms with Gasteiger partial charge in [-0.05, 0) is 33.2 Å². The van der Waals surface area contributed by atoms with Crippen LogP contribution < -0.4 is 14.8 Å². The van der Waals surface area contributed by atoms with E-state index >= 15 is 0 Å². The number of rotatable bonds is 4. The van der Waals surface area contributed by atoms with Gasteiger partial charge >= 0.3 is 5.97 Å². The molecule has 0 saturated carbocycles. The molecule has 1 radical (unpaired) electrons. The average Bonchev–Trinajstić information content (AvgIpc) is 3.17. The molecular formula is C19H24IrN3O4-. The third-order valence-electron chi connectivity index (χ3n) is 4.00. The van der Waals surface area contributed by atoms with Crippen molar-refractivity contribution in [2.45, 2.75) is 32.7 Å². The Morgan fingerprint density at radius 1 is 1.30 bits per heavy atom. The minimum absolute atomic E-state index is 0. The summed E-state index contributed by atoms with van der Waals surface area (Å²) in [6.45, 7) is 4.71. The minimum atomic E-state index is -0.720. The summed E-state index contributed by atoms with van der Waals surface area (Å²) in [5.41, 5.74) is 3.43. The molecule has 1 unspecified atom stereocenters. The van der Waals surface area contributed by atoms with E-state index < -0.39 is 5.97 Å². The molecular weight excluding hydrogens is 526 g/mol. The fraction of sp³-hybridized carbons (Fsp3) is 0.421. The number of nitrogens with one attached hydrogen (secondary N) is 1. The van der Waals surface area contributed by atoms with Crippen molar-refractivity contribution in [2.24, 2.45) is 0 Å². The van der Waals surface area contributed by atoms with Gasteiger partial charge in [-0.1, -0.05) is 6.07 Å². The molecule has 8 heteroatoms. The second-order valence-corrected chi connectivity index (χ2v) is 5.92. The van der Waals surface area contributed by atoms with Crippen LogP contribution in [0.15, 0.2) is 18.3 Å². The van der Waals surface area contributed by atoms with E-state index in [1.165, 1.54) is 0 Å². The second kappa shape index (κ2) is 11.0. The van der Waals surface area contributed by atoms with Crippen LogP contribution in [-0.2, 0) is 24.9 Å². The number of nitrogens with zero attached hydrogens (tertiary/aromatic N) is 2. The van der Waals surface area contributed by atoms with E-state index in [0.29, 0.717) is 11.5 Å². The first kappa shape index (κ1) is 23.0. The normalized spacial score (nSPS) is 15.2. The van der Waals surface area contributed by atoms with Gasteiger partial charge in [-0.25, -0.2) is 0 Å². The van der Waals surface area contributed by atoms with Crippen molar-refractivity contribution in [1.29, 1.82) is 0 Å². The van der Waals surface area contributed by atoms with Crippen molar-refractivity contribution in [3.05, 3.63) is 35.8 Å². The van der Waals surface area contributed by atoms with Crippen LogP contribution in [0, 0.1) is 19.9 Å². The van der Waals surface area contributed by atoms with Crippen molar-refractivity contribution in [1.82, 2.24) is 15.3 Å². The topological polar surface area (TPSA) is 93.6 Å². The number of hydrogen-bond donors (Lipinski definition) is 2. The summed E-state index contributed by atoms with van der Waals surface area (Å²) in [5.74, 6) is 0.592. The van der Waals surface area contributed by atoms with Gasteiger partial charge in [-0.2, -0.15) is 0 Å². The largest absolute Gasteiger partial charge is 0.536 e. The molecule has 2 aromatic rings. The molecule has 3 rings (SSSR count). The van der Waals surface area contributed by atoms with E-state index in [2.05, 4.69) is 21.4 Å². The van der Waals surface area contributed by atoms with Gasteiger partial charge in [-0.15, -0.1) is 17.7 Å². The third-order valence-corrected chi connectivity index (χ3v) is 4.00. The van der Waals surface area contributed by atoms with Crippen LogP contribution in [0.5, 0.6) is 11.5 Å². The van der Waals surface area contributed by atoms with Crippen molar-refractivity contribution in [3.63, 3.8) is 0 Å². The van der Waals surface area contributed by atoms with Crippen LogP contribution in [0.25, 0.3) is 11.3 Å². The third kappa shape index (κ3) is 6.27. The van der Waals surface area contributed by atoms with Crippen molar-refractivity contribution >= 4 is 5.97 Å². The Morgan fingerprint density at radius 2 is 2.00 bits per heavy atom. The molecule has 1 fully saturated rings. The van der Waals surface area contributed by atoms with Crippen LogP contribution >= 0.6 is 0 Å². The average molecular weight is 551 g/mol. The molecule has 27 heavy (non-hydrogen) atoms. The number of ether oxygens (including phenoxy) is 2. The zero-order valence-corrected chi connectivity index (χ0v) is 18.2. The molecule has 1 aliphatic rings. The van der Waals surface area contributed by atoms with Crippen molar-refractivity contribution < 1.29 is 39.5 Å². The Balaban J connectivity index is 0.000000342. The predicted octanol–water partition coefficient (Wildman–Crippen LogP) is 2.40. The van der Waals surface area contributed by atoms with E-state index in [0.717, 1.165) is 42.0 Å². The molecule has 0 bridgehead atoms. The van der Waals surface area contributed by atoms with Gasteiger partial charge in [-0.3, -0.25) is 9.78 Å². The van der Waals surface area contributed by atoms with Gasteiger partial charge < -0.3 is 24.9 Å². The quantitative estimate of drug-likeness (QED) is 0.565. The van der Waals surface area contributed by atoms with E-state index in [4.69, 9.17) is 14.6 Å². The summed E-state index contributed by atoms with van der Waals surface area (Å²) >= 11 is 0. The van der Waals surface area contributed by atoms with E-state index in [1.807, 2.05) is 19.9 Å². The monoisotopic (exact) mass is 551 g/mol. The van der Waals surface area contributed by atoms with Crippen molar-refractivity contribution in [3.8, 4) is 22.8 Å². The number of carboxylic acid groups (broad SMARTS) is 1. The van der Waals surface area contributed by atoms with Gasteiger partial charge in [0.05, 0.1) is 31.4 Å². The number of methoxy groups -OCH3 is 2. The summed E-state index contributed by atoms with van der Waals surface area (Å²) in [4.78, 5) is 18.9. The molecule has 1 aliphatic heterocycles. The zero-order chi connectivity index (χ0) is 19.1. The molecule has 1 saturated heterocycles. The fourth-order valence-corrected chi connectivity index (χ4v) is 2.67. The van der Waals surface area contributed by atoms with Gasteiger partial charge in [0.1, 0.15) is 6.04 Å². The number of carbonyl (C=O) groups is 1. The van der Waals surface area contributed by atoms with Crippen molar-refractivity contribution in [2.75, 3.05) is 20.8 Å². The first-order valence-corrected chi connectivity index (χ1v) is 8.36. The van der Waals surface area contributed by atoms with Crippen LogP contribution in [0.1, 0.15) is 24.2 Å². The van der Waals surface area contributed by atoms with Gasteiger partial charge in [0.15, 0.2) is 0 Å². The van der Waals surface area contributed by atoms with E-state index in [-0.39, 0.29) is 26.1 Å². The second-order valence-electron chi connectivity index (χ2n) is 5.92. The van der Waals surface area contributed by atoms with Crippen LogP contribution in [0.4, 0.5) is 0 Å². The molecule has 1 aromatic carbocycles. The summed E-state index contributed by atoms with van der Waals surface area (Å²) in [6, 6.07) is 6.46. The van der Waals surface area contributed by atoms with E-state index in [9.17, 15) is 4.79 Å². The molecule has 0 aliphatic carbocycles. The molecule has 1 atom stereocenters. The summed E-state index contributed by atoms with van der Waals surface area (Å²) in [5, 5.41) is 11.2. The summed E-state index contributed by atoms with van der Waals surface area (Å²) in [6.07, 6.45) is 3.53. The predicted molar refractivity (Wildman–Crippen MR) is 97.5 cm³/mol. The molecule has 1 aromatic heterocycles. The molecule has 0 spiro atoms. The first-order chi connectivity index (χ1) is 12.5. The number of aryl methyl sites for hydroxylation is 2. The number of benzene rings is 1. The van der Waals surface area contributed by atoms with Gasteiger partial charge in [0, 0.05) is 37.7 Å². The Morgan fingerprint density at radius 3 is 2.48 bits per heavy atom. The van der Waals surface area contributed by atoms with Crippen LogP contribution in [0.2, 0.25) is 0 Å². The maximum Gasteiger partial charge on any atom is 0.320 e. The molecule has 149 valence electrons. The summed E-state index contributed by atoms with van der Waals surface area (Å²) < 4.78 is 10.5. The smallest absolute Gasteiger partial charge is 0.320 e. The Bertz CT molecular complexity index is 765. The number of hydrogen-bond acceptors (Lipinski definition) is 6. The fourth-order valence-electron chi connectivity index (χ4n) is 2.67. The van der Waals surface area contributed by atoms with Gasteiger partial charge in [0.25, 0.3) is 0 Å².